The van der Waals surface area contributed by atoms with Gasteiger partial charge in [-0.2, -0.15) is 8.78 Å². The van der Waals surface area contributed by atoms with E-state index in [1.807, 2.05) is 0 Å². The first kappa shape index (κ1) is 32.3. The minimum atomic E-state index is -3.66. The van der Waals surface area contributed by atoms with Crippen molar-refractivity contribution in [2.45, 2.75) is 70.8 Å². The Hall–Kier alpha value is -3.64. The summed E-state index contributed by atoms with van der Waals surface area (Å²) in [5, 5.41) is 0.101. The van der Waals surface area contributed by atoms with Crippen LogP contribution in [0.4, 0.5) is 22.4 Å². The predicted molar refractivity (Wildman–Crippen MR) is 151 cm³/mol. The third-order valence-corrected chi connectivity index (χ3v) is 7.32. The third kappa shape index (κ3) is 6.80. The molecule has 1 fully saturated rings. The Morgan fingerprint density at radius 1 is 1.07 bits per heavy atom. The van der Waals surface area contributed by atoms with Crippen molar-refractivity contribution in [2.75, 3.05) is 27.4 Å². The Kier molecular flexibility index (Phi) is 9.41. The Bertz CT molecular complexity index is 1470. The van der Waals surface area contributed by atoms with E-state index in [1.165, 1.54) is 61.4 Å². The average molecular weight is 609 g/mol. The lowest BCUT2D eigenvalue weighted by Gasteiger charge is -2.44. The van der Waals surface area contributed by atoms with E-state index in [0.717, 1.165) is 4.90 Å². The number of fused-ring (bicyclic) bond motifs is 1. The molecule has 43 heavy (non-hydrogen) atoms. The highest BCUT2D eigenvalue weighted by Crippen LogP contribution is 2.49. The van der Waals surface area contributed by atoms with Crippen LogP contribution in [-0.4, -0.2) is 67.0 Å². The zero-order valence-corrected chi connectivity index (χ0v) is 25.0. The maximum atomic E-state index is 17.0. The number of piperidine rings is 1. The molecule has 0 saturated carbocycles. The van der Waals surface area contributed by atoms with E-state index in [4.69, 9.17) is 18.9 Å². The standard InChI is InChI=1S/C31H36F4N2O6/c1-18-15-24(40-5)26(22-12-13-36(27(18)22)29(39)43-30(2,3)4)31(34,35)37-14-11-21(42-17-25(32)33)16-23(37)19-7-9-20(10-8-19)28(38)41-6/h7-10,12-13,15,21,23,25H,11,14,16-17H2,1-6H3/t21-,23-/m0/s1. The molecular formula is C31H36F4N2O6. The first-order valence-electron chi connectivity index (χ1n) is 13.8. The smallest absolute Gasteiger partial charge is 0.419 e. The molecule has 1 saturated heterocycles. The van der Waals surface area contributed by atoms with Crippen molar-refractivity contribution in [1.29, 1.82) is 0 Å². The minimum absolute atomic E-state index is 0.00385. The van der Waals surface area contributed by atoms with Gasteiger partial charge in [0.15, 0.2) is 0 Å². The van der Waals surface area contributed by atoms with Crippen LogP contribution in [0.15, 0.2) is 42.6 Å². The highest BCUT2D eigenvalue weighted by Gasteiger charge is 2.49. The summed E-state index contributed by atoms with van der Waals surface area (Å²) in [6.45, 7) is 5.80. The van der Waals surface area contributed by atoms with Crippen LogP contribution in [0, 0.1) is 6.92 Å². The number of alkyl halides is 4. The molecule has 0 amide bonds. The number of esters is 1. The molecule has 1 aliphatic rings. The zero-order valence-electron chi connectivity index (χ0n) is 25.0. The number of nitrogens with zero attached hydrogens (tertiary/aromatic N) is 2. The van der Waals surface area contributed by atoms with Crippen LogP contribution < -0.4 is 4.74 Å². The van der Waals surface area contributed by atoms with Gasteiger partial charge in [0.2, 0.25) is 0 Å². The first-order chi connectivity index (χ1) is 20.2. The molecule has 0 spiro atoms. The van der Waals surface area contributed by atoms with Crippen LogP contribution in [0.3, 0.4) is 0 Å². The van der Waals surface area contributed by atoms with Crippen molar-refractivity contribution in [2.24, 2.45) is 0 Å². The van der Waals surface area contributed by atoms with Crippen LogP contribution >= 0.6 is 0 Å². The van der Waals surface area contributed by atoms with E-state index in [9.17, 15) is 18.4 Å². The van der Waals surface area contributed by atoms with E-state index >= 15 is 8.78 Å². The summed E-state index contributed by atoms with van der Waals surface area (Å²) in [6, 6.07) is 4.25. The normalized spacial score (nSPS) is 18.2. The zero-order chi connectivity index (χ0) is 31.7. The summed E-state index contributed by atoms with van der Waals surface area (Å²) >= 11 is 0. The second kappa shape index (κ2) is 12.5. The van der Waals surface area contributed by atoms with Crippen LogP contribution in [0.5, 0.6) is 5.75 Å². The van der Waals surface area contributed by atoms with Gasteiger partial charge < -0.3 is 18.9 Å². The Morgan fingerprint density at radius 3 is 2.33 bits per heavy atom. The van der Waals surface area contributed by atoms with Gasteiger partial charge in [-0.1, -0.05) is 12.1 Å². The number of carbonyl (C=O) groups is 2. The Morgan fingerprint density at radius 2 is 1.74 bits per heavy atom. The predicted octanol–water partition coefficient (Wildman–Crippen LogP) is 7.06. The number of ether oxygens (including phenoxy) is 4. The van der Waals surface area contributed by atoms with Crippen molar-refractivity contribution in [3.63, 3.8) is 0 Å². The second-order valence-corrected chi connectivity index (χ2v) is 11.4. The summed E-state index contributed by atoms with van der Waals surface area (Å²) in [7, 11) is 2.52. The number of likely N-dealkylation sites (tertiary alicyclic amines) is 1. The van der Waals surface area contributed by atoms with Crippen LogP contribution in [0.2, 0.25) is 0 Å². The number of hydrogen-bond donors (Lipinski definition) is 0. The van der Waals surface area contributed by atoms with Gasteiger partial charge in [0.05, 0.1) is 37.0 Å². The fourth-order valence-corrected chi connectivity index (χ4v) is 5.49. The molecule has 12 heteroatoms. The molecule has 0 unspecified atom stereocenters. The number of rotatable bonds is 8. The Balaban J connectivity index is 1.82. The van der Waals surface area contributed by atoms with Gasteiger partial charge in [0.1, 0.15) is 18.0 Å². The topological polar surface area (TPSA) is 79.2 Å². The molecule has 234 valence electrons. The summed E-state index contributed by atoms with van der Waals surface area (Å²) in [5.41, 5.74) is 0.188. The van der Waals surface area contributed by atoms with Crippen molar-refractivity contribution in [3.05, 3.63) is 64.8 Å². The lowest BCUT2D eigenvalue weighted by Crippen LogP contribution is -2.48. The van der Waals surface area contributed by atoms with Gasteiger partial charge in [-0.3, -0.25) is 4.57 Å². The van der Waals surface area contributed by atoms with E-state index in [0.29, 0.717) is 11.1 Å². The SMILES string of the molecule is COC(=O)c1ccc([C@@H]2C[C@@H](OCC(F)F)CCN2C(F)(F)c2c(OC)cc(C)c3c2ccn3C(=O)OC(C)(C)C)cc1. The highest BCUT2D eigenvalue weighted by molar-refractivity contribution is 5.95. The van der Waals surface area contributed by atoms with Crippen molar-refractivity contribution in [3.8, 4) is 5.75 Å². The molecule has 3 aromatic rings. The van der Waals surface area contributed by atoms with Crippen LogP contribution in [0.25, 0.3) is 10.9 Å². The summed E-state index contributed by atoms with van der Waals surface area (Å²) in [6.07, 6.45) is -2.65. The van der Waals surface area contributed by atoms with Gasteiger partial charge in [-0.15, -0.1) is 0 Å². The summed E-state index contributed by atoms with van der Waals surface area (Å²) in [5.74, 6) is -0.662. The van der Waals surface area contributed by atoms with Gasteiger partial charge in [0.25, 0.3) is 6.43 Å². The van der Waals surface area contributed by atoms with E-state index in [-0.39, 0.29) is 41.6 Å². The van der Waals surface area contributed by atoms with Crippen LogP contribution in [-0.2, 0) is 20.3 Å². The molecular weight excluding hydrogens is 572 g/mol. The van der Waals surface area contributed by atoms with Gasteiger partial charge in [-0.05, 0) is 75.9 Å². The van der Waals surface area contributed by atoms with Crippen molar-refractivity contribution < 1.29 is 46.1 Å². The molecule has 8 nitrogen and oxygen atoms in total. The van der Waals surface area contributed by atoms with Crippen molar-refractivity contribution in [1.82, 2.24) is 9.47 Å². The third-order valence-electron chi connectivity index (χ3n) is 7.32. The Labute approximate surface area is 247 Å². The molecule has 2 heterocycles. The second-order valence-electron chi connectivity index (χ2n) is 11.4. The molecule has 0 aliphatic carbocycles. The average Bonchev–Trinajstić information content (AvgIpc) is 3.40. The number of hydrogen-bond acceptors (Lipinski definition) is 7. The highest BCUT2D eigenvalue weighted by atomic mass is 19.3. The van der Waals surface area contributed by atoms with Gasteiger partial charge >= 0.3 is 18.1 Å². The lowest BCUT2D eigenvalue weighted by atomic mass is 9.90. The van der Waals surface area contributed by atoms with E-state index in [1.54, 1.807) is 27.7 Å². The molecule has 0 radical (unpaired) electrons. The summed E-state index contributed by atoms with van der Waals surface area (Å²) in [4.78, 5) is 25.9. The fourth-order valence-electron chi connectivity index (χ4n) is 5.49. The number of aromatic nitrogens is 1. The van der Waals surface area contributed by atoms with Gasteiger partial charge in [0, 0.05) is 24.2 Å². The van der Waals surface area contributed by atoms with Crippen LogP contribution in [0.1, 0.15) is 66.7 Å². The molecule has 2 atom stereocenters. The first-order valence-corrected chi connectivity index (χ1v) is 13.8. The molecule has 0 N–H and O–H groups in total. The number of aryl methyl sites for hydroxylation is 1. The number of benzene rings is 2. The van der Waals surface area contributed by atoms with Crippen molar-refractivity contribution >= 4 is 23.0 Å². The summed E-state index contributed by atoms with van der Waals surface area (Å²) < 4.78 is 82.0. The van der Waals surface area contributed by atoms with Gasteiger partial charge in [-0.25, -0.2) is 23.3 Å². The lowest BCUT2D eigenvalue weighted by molar-refractivity contribution is -0.197. The monoisotopic (exact) mass is 608 g/mol. The maximum Gasteiger partial charge on any atom is 0.419 e. The molecule has 0 bridgehead atoms. The quantitative estimate of drug-likeness (QED) is 0.154. The molecule has 4 rings (SSSR count). The largest absolute Gasteiger partial charge is 0.496 e. The molecule has 1 aromatic heterocycles. The molecule has 2 aromatic carbocycles. The fraction of sp³-hybridized carbons (Fsp3) is 0.484. The van der Waals surface area contributed by atoms with E-state index in [2.05, 4.69) is 0 Å². The number of halogens is 4. The molecule has 1 aliphatic heterocycles. The number of carbonyl (C=O) groups excluding carboxylic acids is 2. The van der Waals surface area contributed by atoms with E-state index < -0.39 is 54.5 Å². The maximum absolute atomic E-state index is 17.0. The number of methoxy groups -OCH3 is 2. The minimum Gasteiger partial charge on any atom is -0.496 e.